The van der Waals surface area contributed by atoms with E-state index in [-0.39, 0.29) is 16.9 Å². The molecule has 1 unspecified atom stereocenters. The number of Topliss-reactive ketones (excluding diaryl/α,β-unsaturated/α-hetero) is 1. The number of fused-ring (bicyclic) bond motifs is 5. The van der Waals surface area contributed by atoms with E-state index >= 15 is 0 Å². The van der Waals surface area contributed by atoms with Gasteiger partial charge < -0.3 is 5.11 Å². The van der Waals surface area contributed by atoms with E-state index in [1.165, 1.54) is 37.7 Å². The molecule has 0 aromatic heterocycles. The second kappa shape index (κ2) is 7.81. The maximum absolute atomic E-state index is 13.8. The van der Waals surface area contributed by atoms with E-state index in [0.29, 0.717) is 35.4 Å². The molecule has 3 fully saturated rings. The molecule has 0 bridgehead atoms. The lowest BCUT2D eigenvalue weighted by Gasteiger charge is -2.57. The second-order valence-electron chi connectivity index (χ2n) is 12.1. The van der Waals surface area contributed by atoms with Crippen molar-refractivity contribution in [2.24, 2.45) is 46.3 Å². The topological polar surface area (TPSA) is 37.3 Å². The van der Waals surface area contributed by atoms with Gasteiger partial charge in [0.15, 0.2) is 0 Å². The molecule has 4 aliphatic carbocycles. The van der Waals surface area contributed by atoms with Crippen LogP contribution in [0.25, 0.3) is 0 Å². The normalized spacial score (nSPS) is 45.4. The fraction of sp³-hybridized carbons (Fsp3) is 0.889. The highest BCUT2D eigenvalue weighted by Gasteiger charge is 2.62. The Balaban J connectivity index is 1.55. The monoisotopic (exact) mass is 400 g/mol. The van der Waals surface area contributed by atoms with E-state index in [4.69, 9.17) is 0 Å². The van der Waals surface area contributed by atoms with Crippen molar-refractivity contribution in [3.63, 3.8) is 0 Å². The van der Waals surface area contributed by atoms with Crippen molar-refractivity contribution < 1.29 is 9.90 Å². The van der Waals surface area contributed by atoms with Gasteiger partial charge in [0.05, 0.1) is 6.10 Å². The Labute approximate surface area is 178 Å². The highest BCUT2D eigenvalue weighted by atomic mass is 16.3. The third-order valence-electron chi connectivity index (χ3n) is 10.1. The molecule has 0 aliphatic heterocycles. The standard InChI is InChI=1S/C27H44O2/c1-17(2)7-6-8-18(3)22-11-12-23-21-10-9-19-15-20(28)13-14-26(19,4)24(21)16-25(29)27(22,23)5/h9,17-18,20-24,28H,6-8,10-16H2,1-5H3/t18?,20-,21+,22-,23+,24+,26+,27-/m1/s1. The molecule has 2 heteroatoms. The fourth-order valence-corrected chi connectivity index (χ4v) is 8.34. The number of ketones is 1. The van der Waals surface area contributed by atoms with Gasteiger partial charge in [0.25, 0.3) is 0 Å². The molecule has 0 radical (unpaired) electrons. The summed E-state index contributed by atoms with van der Waals surface area (Å²) >= 11 is 0. The first-order valence-corrected chi connectivity index (χ1v) is 12.6. The summed E-state index contributed by atoms with van der Waals surface area (Å²) in [5.74, 6) is 4.37. The Morgan fingerprint density at radius 1 is 1.07 bits per heavy atom. The summed E-state index contributed by atoms with van der Waals surface area (Å²) in [6.07, 6.45) is 13.5. The smallest absolute Gasteiger partial charge is 0.139 e. The zero-order valence-corrected chi connectivity index (χ0v) is 19.5. The highest BCUT2D eigenvalue weighted by molar-refractivity contribution is 5.87. The molecular weight excluding hydrogens is 356 g/mol. The maximum atomic E-state index is 13.8. The molecular formula is C27H44O2. The molecule has 0 aromatic carbocycles. The van der Waals surface area contributed by atoms with E-state index < -0.39 is 0 Å². The summed E-state index contributed by atoms with van der Waals surface area (Å²) in [6, 6.07) is 0. The number of allylic oxidation sites excluding steroid dienone is 1. The van der Waals surface area contributed by atoms with Crippen LogP contribution < -0.4 is 0 Å². The third kappa shape index (κ3) is 3.46. The largest absolute Gasteiger partial charge is 0.393 e. The minimum absolute atomic E-state index is 0.0890. The van der Waals surface area contributed by atoms with E-state index in [1.54, 1.807) is 0 Å². The van der Waals surface area contributed by atoms with Gasteiger partial charge in [-0.3, -0.25) is 4.79 Å². The number of hydrogen-bond donors (Lipinski definition) is 1. The zero-order valence-electron chi connectivity index (χ0n) is 19.5. The Morgan fingerprint density at radius 2 is 1.83 bits per heavy atom. The van der Waals surface area contributed by atoms with Gasteiger partial charge in [0.2, 0.25) is 0 Å². The fourth-order valence-electron chi connectivity index (χ4n) is 8.34. The molecule has 4 aliphatic rings. The van der Waals surface area contributed by atoms with Crippen molar-refractivity contribution in [1.82, 2.24) is 0 Å². The van der Waals surface area contributed by atoms with Gasteiger partial charge in [-0.05, 0) is 79.4 Å². The second-order valence-corrected chi connectivity index (χ2v) is 12.1. The summed E-state index contributed by atoms with van der Waals surface area (Å²) < 4.78 is 0. The third-order valence-corrected chi connectivity index (χ3v) is 10.1. The van der Waals surface area contributed by atoms with Gasteiger partial charge in [-0.1, -0.05) is 65.5 Å². The number of carbonyl (C=O) groups excluding carboxylic acids is 1. The molecule has 0 spiro atoms. The van der Waals surface area contributed by atoms with E-state index in [9.17, 15) is 9.90 Å². The van der Waals surface area contributed by atoms with Crippen molar-refractivity contribution in [3.05, 3.63) is 11.6 Å². The Hall–Kier alpha value is -0.630. The number of aliphatic hydroxyl groups is 1. The van der Waals surface area contributed by atoms with E-state index in [1.807, 2.05) is 0 Å². The molecule has 4 rings (SSSR count). The Bertz CT molecular complexity index is 663. The van der Waals surface area contributed by atoms with Crippen LogP contribution in [0.1, 0.15) is 98.8 Å². The highest BCUT2D eigenvalue weighted by Crippen LogP contribution is 2.66. The van der Waals surface area contributed by atoms with Gasteiger partial charge in [0.1, 0.15) is 5.78 Å². The van der Waals surface area contributed by atoms with Crippen LogP contribution in [0, 0.1) is 46.3 Å². The minimum atomic E-state index is -0.169. The first-order valence-electron chi connectivity index (χ1n) is 12.6. The van der Waals surface area contributed by atoms with Crippen LogP contribution in [-0.2, 0) is 4.79 Å². The molecule has 0 aromatic rings. The molecule has 8 atom stereocenters. The summed E-state index contributed by atoms with van der Waals surface area (Å²) in [7, 11) is 0. The molecule has 0 heterocycles. The summed E-state index contributed by atoms with van der Waals surface area (Å²) in [6.45, 7) is 11.8. The molecule has 1 N–H and O–H groups in total. The van der Waals surface area contributed by atoms with Crippen molar-refractivity contribution in [2.75, 3.05) is 0 Å². The summed E-state index contributed by atoms with van der Waals surface area (Å²) in [5.41, 5.74) is 1.53. The predicted molar refractivity (Wildman–Crippen MR) is 119 cm³/mol. The molecule has 0 amide bonds. The number of hydrogen-bond acceptors (Lipinski definition) is 2. The van der Waals surface area contributed by atoms with Crippen LogP contribution in [0.3, 0.4) is 0 Å². The lowest BCUT2D eigenvalue weighted by Crippen LogP contribution is -2.55. The van der Waals surface area contributed by atoms with Crippen LogP contribution >= 0.6 is 0 Å². The SMILES string of the molecule is CC(C)CCCC(C)[C@H]1CC[C@H]2[C@@H]3CC=C4C[C@H](O)CC[C@]4(C)[C@H]3CC(=O)[C@]12C. The average Bonchev–Trinajstić information content (AvgIpc) is 3.02. The van der Waals surface area contributed by atoms with Crippen LogP contribution in [-0.4, -0.2) is 17.0 Å². The van der Waals surface area contributed by atoms with Gasteiger partial charge >= 0.3 is 0 Å². The van der Waals surface area contributed by atoms with Crippen molar-refractivity contribution in [3.8, 4) is 0 Å². The Kier molecular flexibility index (Phi) is 5.82. The summed E-state index contributed by atoms with van der Waals surface area (Å²) in [5, 5.41) is 10.2. The molecule has 29 heavy (non-hydrogen) atoms. The van der Waals surface area contributed by atoms with Gasteiger partial charge in [0, 0.05) is 11.8 Å². The molecule has 3 saturated carbocycles. The number of aliphatic hydroxyl groups excluding tert-OH is 1. The maximum Gasteiger partial charge on any atom is 0.139 e. The lowest BCUT2D eigenvalue weighted by atomic mass is 9.46. The van der Waals surface area contributed by atoms with Gasteiger partial charge in [-0.25, -0.2) is 0 Å². The minimum Gasteiger partial charge on any atom is -0.393 e. The first kappa shape index (κ1) is 21.6. The van der Waals surface area contributed by atoms with Crippen LogP contribution in [0.2, 0.25) is 0 Å². The van der Waals surface area contributed by atoms with E-state index in [0.717, 1.165) is 38.0 Å². The van der Waals surface area contributed by atoms with E-state index in [2.05, 4.69) is 40.7 Å². The number of rotatable bonds is 5. The van der Waals surface area contributed by atoms with Gasteiger partial charge in [-0.15, -0.1) is 0 Å². The lowest BCUT2D eigenvalue weighted by molar-refractivity contribution is -0.147. The van der Waals surface area contributed by atoms with Crippen LogP contribution in [0.4, 0.5) is 0 Å². The van der Waals surface area contributed by atoms with Crippen molar-refractivity contribution in [2.45, 2.75) is 105 Å². The van der Waals surface area contributed by atoms with Crippen molar-refractivity contribution in [1.29, 1.82) is 0 Å². The van der Waals surface area contributed by atoms with Gasteiger partial charge in [-0.2, -0.15) is 0 Å². The zero-order chi connectivity index (χ0) is 21.0. The average molecular weight is 401 g/mol. The number of carbonyl (C=O) groups is 1. The van der Waals surface area contributed by atoms with Crippen molar-refractivity contribution >= 4 is 5.78 Å². The predicted octanol–water partition coefficient (Wildman–Crippen LogP) is 6.57. The summed E-state index contributed by atoms with van der Waals surface area (Å²) in [4.78, 5) is 13.8. The van der Waals surface area contributed by atoms with Crippen LogP contribution in [0.5, 0.6) is 0 Å². The molecule has 164 valence electrons. The van der Waals surface area contributed by atoms with Crippen LogP contribution in [0.15, 0.2) is 11.6 Å². The quantitative estimate of drug-likeness (QED) is 0.530. The molecule has 2 nitrogen and oxygen atoms in total. The Morgan fingerprint density at radius 3 is 2.55 bits per heavy atom. The molecule has 0 saturated heterocycles. The first-order chi connectivity index (χ1) is 13.7.